The van der Waals surface area contributed by atoms with Gasteiger partial charge in [0.05, 0.1) is 12.8 Å². The Kier molecular flexibility index (Phi) is 7.84. The molecule has 1 fully saturated rings. The van der Waals surface area contributed by atoms with Crippen molar-refractivity contribution in [2.24, 2.45) is 0 Å². The van der Waals surface area contributed by atoms with E-state index in [0.29, 0.717) is 12.0 Å². The van der Waals surface area contributed by atoms with Crippen molar-refractivity contribution >= 4 is 25.7 Å². The largest absolute Gasteiger partial charge is 0.606 e. The summed E-state index contributed by atoms with van der Waals surface area (Å²) in [5, 5.41) is 0. The van der Waals surface area contributed by atoms with E-state index >= 15 is 0 Å². The fourth-order valence-corrected chi connectivity index (χ4v) is 2.21. The summed E-state index contributed by atoms with van der Waals surface area (Å²) < 4.78 is 25.0. The third-order valence-corrected chi connectivity index (χ3v) is 3.55. The molecule has 0 aromatic carbocycles. The minimum atomic E-state index is -4.73. The lowest BCUT2D eigenvalue weighted by Gasteiger charge is -2.11. The zero-order chi connectivity index (χ0) is 18.2. The Hall–Kier alpha value is -1.96. The van der Waals surface area contributed by atoms with Crippen LogP contribution in [0.3, 0.4) is 0 Å². The molecule has 9 nitrogen and oxygen atoms in total. The molecular formula is C14H19O9P. The molecule has 0 bridgehead atoms. The average Bonchev–Trinajstić information content (AvgIpc) is 2.53. The van der Waals surface area contributed by atoms with Crippen molar-refractivity contribution in [2.45, 2.75) is 46.5 Å². The molecule has 0 spiro atoms. The van der Waals surface area contributed by atoms with Gasteiger partial charge in [0.25, 0.3) is 0 Å². The zero-order valence-electron chi connectivity index (χ0n) is 13.6. The van der Waals surface area contributed by atoms with Crippen molar-refractivity contribution in [2.75, 3.05) is 0 Å². The molecule has 1 aliphatic rings. The number of hydrogen-bond donors (Lipinski definition) is 0. The van der Waals surface area contributed by atoms with Crippen LogP contribution in [0.4, 0.5) is 0 Å². The summed E-state index contributed by atoms with van der Waals surface area (Å²) in [4.78, 5) is 42.4. The Balaban J connectivity index is 2.67. The average molecular weight is 362 g/mol. The van der Waals surface area contributed by atoms with Gasteiger partial charge in [-0.2, -0.15) is 0 Å². The lowest BCUT2D eigenvalue weighted by molar-refractivity contribution is -0.256. The fraction of sp³-hybridized carbons (Fsp3) is 0.500. The highest BCUT2D eigenvalue weighted by molar-refractivity contribution is 7.48. The van der Waals surface area contributed by atoms with Gasteiger partial charge in [-0.3, -0.25) is 9.78 Å². The Morgan fingerprint density at radius 2 is 1.67 bits per heavy atom. The van der Waals surface area contributed by atoms with Crippen molar-refractivity contribution < 1.29 is 42.6 Å². The third-order valence-electron chi connectivity index (χ3n) is 2.63. The molecule has 0 aromatic heterocycles. The van der Waals surface area contributed by atoms with E-state index in [4.69, 9.17) is 0 Å². The van der Waals surface area contributed by atoms with Crippen molar-refractivity contribution in [1.82, 2.24) is 0 Å². The summed E-state index contributed by atoms with van der Waals surface area (Å²) in [6.07, 6.45) is 3.66. The molecular weight excluding hydrogens is 343 g/mol. The number of rotatable bonds is 5. The van der Waals surface area contributed by atoms with E-state index in [2.05, 4.69) is 23.6 Å². The molecule has 10 heteroatoms. The van der Waals surface area contributed by atoms with Gasteiger partial charge in [-0.25, -0.2) is 18.9 Å². The van der Waals surface area contributed by atoms with Crippen LogP contribution < -0.4 is 0 Å². The van der Waals surface area contributed by atoms with Crippen LogP contribution in [0.15, 0.2) is 23.3 Å². The summed E-state index contributed by atoms with van der Waals surface area (Å²) in [6.45, 7) is 5.59. The molecule has 0 N–H and O–H groups in total. The van der Waals surface area contributed by atoms with E-state index in [0.717, 1.165) is 18.1 Å². The lowest BCUT2D eigenvalue weighted by Crippen LogP contribution is -2.08. The lowest BCUT2D eigenvalue weighted by atomic mass is 10.1. The smallest absolute Gasteiger partial charge is 0.363 e. The molecule has 1 rings (SSSR count). The van der Waals surface area contributed by atoms with Crippen LogP contribution in [-0.4, -0.2) is 17.9 Å². The topological polar surface area (TPSA) is 114 Å². The number of allylic oxidation sites excluding steroid dienone is 3. The molecule has 1 aliphatic heterocycles. The van der Waals surface area contributed by atoms with Crippen molar-refractivity contribution in [3.05, 3.63) is 23.3 Å². The zero-order valence-corrected chi connectivity index (χ0v) is 14.5. The Labute approximate surface area is 139 Å². The molecule has 0 saturated carbocycles. The molecule has 0 aliphatic carbocycles. The first-order valence-electron chi connectivity index (χ1n) is 7.12. The predicted molar refractivity (Wildman–Crippen MR) is 79.7 cm³/mol. The van der Waals surface area contributed by atoms with Crippen LogP contribution in [0.2, 0.25) is 0 Å². The maximum atomic E-state index is 12.1. The molecule has 134 valence electrons. The highest BCUT2D eigenvalue weighted by atomic mass is 31.2. The molecule has 0 unspecified atom stereocenters. The molecule has 0 amide bonds. The summed E-state index contributed by atoms with van der Waals surface area (Å²) in [5.74, 6) is -3.02. The van der Waals surface area contributed by atoms with Gasteiger partial charge in [0.1, 0.15) is 0 Å². The van der Waals surface area contributed by atoms with Gasteiger partial charge in [-0.1, -0.05) is 26.6 Å². The summed E-state index contributed by atoms with van der Waals surface area (Å²) in [6, 6.07) is 0. The summed E-state index contributed by atoms with van der Waals surface area (Å²) >= 11 is 0. The van der Waals surface area contributed by atoms with Crippen LogP contribution in [0.5, 0.6) is 0 Å². The standard InChI is InChI=1S/C14H19O9P/c1-10(2)5-4-6-11(3)9-14(17)21-24(18)22-19-12(15)7-8-13(16)20-23-24/h5,9H,4,6-8H2,1-3H3/b11-9+. The second-order valence-electron chi connectivity index (χ2n) is 5.23. The van der Waals surface area contributed by atoms with Crippen LogP contribution >= 0.6 is 7.82 Å². The highest BCUT2D eigenvalue weighted by Gasteiger charge is 2.38. The first-order chi connectivity index (χ1) is 11.2. The third kappa shape index (κ3) is 8.05. The van der Waals surface area contributed by atoms with Gasteiger partial charge >= 0.3 is 25.7 Å². The molecule has 24 heavy (non-hydrogen) atoms. The summed E-state index contributed by atoms with van der Waals surface area (Å²) in [5.41, 5.74) is 1.80. The van der Waals surface area contributed by atoms with Gasteiger partial charge < -0.3 is 4.52 Å². The molecule has 0 radical (unpaired) electrons. The van der Waals surface area contributed by atoms with E-state index in [1.807, 2.05) is 19.9 Å². The second kappa shape index (κ2) is 9.36. The normalized spacial score (nSPS) is 18.4. The van der Waals surface area contributed by atoms with Crippen LogP contribution in [0.1, 0.15) is 46.5 Å². The molecule has 1 heterocycles. The Morgan fingerprint density at radius 1 is 1.12 bits per heavy atom. The van der Waals surface area contributed by atoms with E-state index in [1.54, 1.807) is 6.92 Å². The SMILES string of the molecule is CC(C)=CCC/C(C)=C/C(=O)OP1(=O)OOC(=O)CCC(=O)OO1. The van der Waals surface area contributed by atoms with Crippen LogP contribution in [0.25, 0.3) is 0 Å². The molecule has 0 aromatic rings. The maximum absolute atomic E-state index is 12.1. The second-order valence-corrected chi connectivity index (χ2v) is 6.60. The number of phosphoric acid groups is 1. The molecule has 1 saturated heterocycles. The van der Waals surface area contributed by atoms with Crippen LogP contribution in [-0.2, 0) is 42.6 Å². The van der Waals surface area contributed by atoms with E-state index in [1.165, 1.54) is 0 Å². The quantitative estimate of drug-likeness (QED) is 0.315. The monoisotopic (exact) mass is 362 g/mol. The number of carbonyl (C=O) groups is 3. The van der Waals surface area contributed by atoms with E-state index in [9.17, 15) is 18.9 Å². The van der Waals surface area contributed by atoms with Gasteiger partial charge in [0.15, 0.2) is 0 Å². The van der Waals surface area contributed by atoms with Crippen molar-refractivity contribution in [3.63, 3.8) is 0 Å². The van der Waals surface area contributed by atoms with Crippen LogP contribution in [0, 0.1) is 0 Å². The van der Waals surface area contributed by atoms with Gasteiger partial charge in [0, 0.05) is 6.08 Å². The fourth-order valence-electron chi connectivity index (χ4n) is 1.50. The van der Waals surface area contributed by atoms with Gasteiger partial charge in [0.2, 0.25) is 0 Å². The first-order valence-corrected chi connectivity index (χ1v) is 8.58. The van der Waals surface area contributed by atoms with Crippen molar-refractivity contribution in [3.8, 4) is 0 Å². The van der Waals surface area contributed by atoms with Crippen molar-refractivity contribution in [1.29, 1.82) is 0 Å². The predicted octanol–water partition coefficient (Wildman–Crippen LogP) is 3.07. The highest BCUT2D eigenvalue weighted by Crippen LogP contribution is 2.50. The Morgan fingerprint density at radius 3 is 2.17 bits per heavy atom. The van der Waals surface area contributed by atoms with E-state index in [-0.39, 0.29) is 12.8 Å². The number of carbonyl (C=O) groups excluding carboxylic acids is 3. The Bertz CT molecular complexity index is 577. The van der Waals surface area contributed by atoms with Gasteiger partial charge in [-0.05, 0) is 33.6 Å². The first kappa shape index (κ1) is 20.1. The van der Waals surface area contributed by atoms with E-state index < -0.39 is 25.7 Å². The maximum Gasteiger partial charge on any atom is 0.606 e. The van der Waals surface area contributed by atoms with Gasteiger partial charge in [-0.15, -0.1) is 0 Å². The minimum absolute atomic E-state index is 0.362. The number of hydrogen-bond acceptors (Lipinski definition) is 9. The summed E-state index contributed by atoms with van der Waals surface area (Å²) in [7, 11) is -4.73. The minimum Gasteiger partial charge on any atom is -0.363 e. The molecule has 0 atom stereocenters.